The normalized spacial score (nSPS) is 11.1. The third-order valence-electron chi connectivity index (χ3n) is 4.02. The van der Waals surface area contributed by atoms with E-state index >= 15 is 0 Å². The van der Waals surface area contributed by atoms with Gasteiger partial charge in [0.15, 0.2) is 0 Å². The van der Waals surface area contributed by atoms with Gasteiger partial charge in [-0.05, 0) is 12.1 Å². The molecule has 0 fully saturated rings. The molecule has 1 aromatic carbocycles. The maximum atomic E-state index is 12.0. The van der Waals surface area contributed by atoms with Crippen molar-refractivity contribution in [2.75, 3.05) is 14.2 Å². The van der Waals surface area contributed by atoms with Crippen LogP contribution in [0.4, 0.5) is 0 Å². The van der Waals surface area contributed by atoms with Crippen LogP contribution < -0.4 is 5.19 Å². The van der Waals surface area contributed by atoms with Crippen molar-refractivity contribution in [1.82, 2.24) is 0 Å². The van der Waals surface area contributed by atoms with E-state index in [1.54, 1.807) is 6.07 Å². The van der Waals surface area contributed by atoms with Crippen molar-refractivity contribution in [3.8, 4) is 0 Å². The van der Waals surface area contributed by atoms with Gasteiger partial charge in [0.1, 0.15) is 0 Å². The molecule has 122 valence electrons. The molecule has 0 aliphatic rings. The van der Waals surface area contributed by atoms with Crippen LogP contribution in [0.5, 0.6) is 0 Å². The highest BCUT2D eigenvalue weighted by Gasteiger charge is 2.26. The summed E-state index contributed by atoms with van der Waals surface area (Å²) in [5.74, 6) is -1.02. The molecular formula is C17H26O4Si. The highest BCUT2D eigenvalue weighted by Crippen LogP contribution is 2.18. The van der Waals surface area contributed by atoms with E-state index in [1.165, 1.54) is 39.5 Å². The van der Waals surface area contributed by atoms with Crippen LogP contribution in [0.3, 0.4) is 0 Å². The summed E-state index contributed by atoms with van der Waals surface area (Å²) < 4.78 is 9.55. The van der Waals surface area contributed by atoms with E-state index in [0.717, 1.165) is 5.19 Å². The van der Waals surface area contributed by atoms with Crippen molar-refractivity contribution < 1.29 is 19.1 Å². The molecule has 0 aromatic heterocycles. The first-order chi connectivity index (χ1) is 10.4. The zero-order chi connectivity index (χ0) is 16.8. The molecule has 0 saturated carbocycles. The number of unbranched alkanes of at least 4 members (excludes halogenated alkanes) is 2. The molecule has 0 unspecified atom stereocenters. The monoisotopic (exact) mass is 322 g/mol. The predicted octanol–water partition coefficient (Wildman–Crippen LogP) is 3.37. The van der Waals surface area contributed by atoms with Crippen LogP contribution in [-0.4, -0.2) is 34.2 Å². The third-order valence-corrected chi connectivity index (χ3v) is 7.49. The van der Waals surface area contributed by atoms with Crippen molar-refractivity contribution in [3.05, 3.63) is 29.3 Å². The number of benzene rings is 1. The first kappa shape index (κ1) is 18.4. The summed E-state index contributed by atoms with van der Waals surface area (Å²) in [5, 5.41) is 1.16. The fourth-order valence-corrected chi connectivity index (χ4v) is 4.99. The lowest BCUT2D eigenvalue weighted by Gasteiger charge is -2.24. The first-order valence-corrected chi connectivity index (χ1v) is 10.9. The van der Waals surface area contributed by atoms with Crippen LogP contribution in [-0.2, 0) is 9.47 Å². The van der Waals surface area contributed by atoms with Gasteiger partial charge < -0.3 is 9.47 Å². The van der Waals surface area contributed by atoms with Crippen molar-refractivity contribution in [3.63, 3.8) is 0 Å². The predicted molar refractivity (Wildman–Crippen MR) is 90.6 cm³/mol. The van der Waals surface area contributed by atoms with Crippen LogP contribution >= 0.6 is 0 Å². The van der Waals surface area contributed by atoms with Gasteiger partial charge in [-0.15, -0.1) is 0 Å². The molecule has 1 aromatic rings. The Balaban J connectivity index is 3.18. The minimum Gasteiger partial charge on any atom is -0.465 e. The summed E-state index contributed by atoms with van der Waals surface area (Å²) in [5.41, 5.74) is 0.555. The topological polar surface area (TPSA) is 52.6 Å². The van der Waals surface area contributed by atoms with Gasteiger partial charge >= 0.3 is 11.9 Å². The number of carbonyl (C=O) groups is 2. The number of ether oxygens (including phenoxy) is 2. The van der Waals surface area contributed by atoms with Crippen molar-refractivity contribution in [1.29, 1.82) is 0 Å². The minimum absolute atomic E-state index is 0.261. The summed E-state index contributed by atoms with van der Waals surface area (Å²) in [7, 11) is 0.991. The Morgan fingerprint density at radius 1 is 1.00 bits per heavy atom. The molecule has 0 saturated heterocycles. The summed E-state index contributed by atoms with van der Waals surface area (Å²) in [6.45, 7) is 6.77. The number of rotatable bonds is 7. The van der Waals surface area contributed by atoms with E-state index in [-0.39, 0.29) is 5.56 Å². The molecule has 0 atom stereocenters. The molecule has 0 spiro atoms. The molecule has 0 aliphatic heterocycles. The molecule has 0 aliphatic carbocycles. The van der Waals surface area contributed by atoms with Gasteiger partial charge in [0, 0.05) is 0 Å². The molecule has 1 rings (SSSR count). The van der Waals surface area contributed by atoms with Gasteiger partial charge in [0.05, 0.1) is 33.4 Å². The smallest absolute Gasteiger partial charge is 0.338 e. The molecule has 0 heterocycles. The Morgan fingerprint density at radius 3 is 2.14 bits per heavy atom. The number of hydrogen-bond donors (Lipinski definition) is 0. The second kappa shape index (κ2) is 8.13. The van der Waals surface area contributed by atoms with Crippen LogP contribution in [0.1, 0.15) is 46.9 Å². The summed E-state index contributed by atoms with van der Waals surface area (Å²) >= 11 is 0. The van der Waals surface area contributed by atoms with Crippen molar-refractivity contribution in [2.24, 2.45) is 0 Å². The second-order valence-corrected chi connectivity index (χ2v) is 10.9. The lowest BCUT2D eigenvalue weighted by atomic mass is 10.1. The number of hydrogen-bond acceptors (Lipinski definition) is 4. The summed E-state index contributed by atoms with van der Waals surface area (Å²) in [6, 6.07) is 6.62. The van der Waals surface area contributed by atoms with Gasteiger partial charge in [-0.25, -0.2) is 9.59 Å². The van der Waals surface area contributed by atoms with Gasteiger partial charge in [-0.3, -0.25) is 0 Å². The fraction of sp³-hybridized carbons (Fsp3) is 0.529. The summed E-state index contributed by atoms with van der Waals surface area (Å²) in [6.07, 6.45) is 3.61. The van der Waals surface area contributed by atoms with Gasteiger partial charge in [0.25, 0.3) is 0 Å². The second-order valence-electron chi connectivity index (χ2n) is 6.08. The highest BCUT2D eigenvalue weighted by atomic mass is 28.3. The lowest BCUT2D eigenvalue weighted by Crippen LogP contribution is -2.41. The average Bonchev–Trinajstić information content (AvgIpc) is 2.52. The summed E-state index contributed by atoms with van der Waals surface area (Å²) in [4.78, 5) is 23.8. The minimum atomic E-state index is -1.63. The van der Waals surface area contributed by atoms with E-state index in [1.807, 2.05) is 12.1 Å². The van der Waals surface area contributed by atoms with Crippen molar-refractivity contribution >= 4 is 25.2 Å². The maximum Gasteiger partial charge on any atom is 0.338 e. The van der Waals surface area contributed by atoms with E-state index in [9.17, 15) is 9.59 Å². The molecule has 0 amide bonds. The third kappa shape index (κ3) is 4.43. The van der Waals surface area contributed by atoms with E-state index in [0.29, 0.717) is 5.56 Å². The highest BCUT2D eigenvalue weighted by molar-refractivity contribution is 6.89. The molecule has 22 heavy (non-hydrogen) atoms. The van der Waals surface area contributed by atoms with Gasteiger partial charge in [-0.2, -0.15) is 0 Å². The maximum absolute atomic E-state index is 12.0. The number of methoxy groups -OCH3 is 2. The largest absolute Gasteiger partial charge is 0.465 e. The zero-order valence-corrected chi connectivity index (χ0v) is 15.2. The SMILES string of the molecule is CCCCC[Si](C)(C)c1ccc(C(=O)OC)c(C(=O)OC)c1. The molecule has 5 heteroatoms. The average molecular weight is 322 g/mol. The Hall–Kier alpha value is -1.62. The quantitative estimate of drug-likeness (QED) is 0.439. The Morgan fingerprint density at radius 2 is 1.59 bits per heavy atom. The molecule has 0 bridgehead atoms. The zero-order valence-electron chi connectivity index (χ0n) is 14.2. The van der Waals surface area contributed by atoms with Gasteiger partial charge in [0.2, 0.25) is 0 Å². The Kier molecular flexibility index (Phi) is 6.81. The Labute approximate surface area is 133 Å². The molecular weight excluding hydrogens is 296 g/mol. The van der Waals surface area contributed by atoms with Crippen LogP contribution in [0.15, 0.2) is 18.2 Å². The molecule has 0 N–H and O–H groups in total. The van der Waals surface area contributed by atoms with Crippen LogP contribution in [0.25, 0.3) is 0 Å². The lowest BCUT2D eigenvalue weighted by molar-refractivity contribution is 0.0555. The number of carbonyl (C=O) groups excluding carboxylic acids is 2. The fourth-order valence-electron chi connectivity index (χ4n) is 2.49. The van der Waals surface area contributed by atoms with E-state index in [4.69, 9.17) is 9.47 Å². The van der Waals surface area contributed by atoms with Crippen LogP contribution in [0, 0.1) is 0 Å². The van der Waals surface area contributed by atoms with E-state index in [2.05, 4.69) is 20.0 Å². The number of esters is 2. The van der Waals surface area contributed by atoms with Crippen LogP contribution in [0.2, 0.25) is 19.1 Å². The van der Waals surface area contributed by atoms with E-state index < -0.39 is 20.0 Å². The Bertz CT molecular complexity index is 537. The molecule has 4 nitrogen and oxygen atoms in total. The van der Waals surface area contributed by atoms with Crippen molar-refractivity contribution in [2.45, 2.75) is 45.3 Å². The first-order valence-electron chi connectivity index (χ1n) is 7.68. The standard InChI is InChI=1S/C17H26O4Si/c1-6-7-8-11-22(4,5)13-9-10-14(16(18)20-2)15(12-13)17(19)21-3/h9-10,12H,6-8,11H2,1-5H3. The van der Waals surface area contributed by atoms with Gasteiger partial charge in [-0.1, -0.05) is 56.6 Å². The molecule has 0 radical (unpaired) electrons.